The molecular weight excluding hydrogens is 194 g/mol. The van der Waals surface area contributed by atoms with Gasteiger partial charge in [0.2, 0.25) is 0 Å². The van der Waals surface area contributed by atoms with E-state index in [1.807, 2.05) is 0 Å². The maximum absolute atomic E-state index is 6.17. The highest BCUT2D eigenvalue weighted by atomic mass is 14.6. The van der Waals surface area contributed by atoms with Crippen molar-refractivity contribution in [2.45, 2.75) is 52.0 Å². The molecule has 16 heavy (non-hydrogen) atoms. The Kier molecular flexibility index (Phi) is 3.65. The summed E-state index contributed by atoms with van der Waals surface area (Å²) in [5.41, 5.74) is 10.3. The van der Waals surface area contributed by atoms with Crippen LogP contribution in [0.5, 0.6) is 0 Å². The average Bonchev–Trinajstić information content (AvgIpc) is 3.04. The third-order valence-electron chi connectivity index (χ3n) is 3.71. The summed E-state index contributed by atoms with van der Waals surface area (Å²) in [5.74, 6) is 1.01. The highest BCUT2D eigenvalue weighted by Crippen LogP contribution is 2.33. The normalized spacial score (nSPS) is 17.4. The lowest BCUT2D eigenvalue weighted by atomic mass is 9.98. The van der Waals surface area contributed by atoms with E-state index in [0.29, 0.717) is 6.04 Å². The highest BCUT2D eigenvalue weighted by Gasteiger charge is 2.21. The number of aryl methyl sites for hydroxylation is 2. The van der Waals surface area contributed by atoms with E-state index in [-0.39, 0.29) is 0 Å². The molecule has 1 aliphatic rings. The first-order valence-corrected chi connectivity index (χ1v) is 6.47. The Balaban J connectivity index is 1.84. The van der Waals surface area contributed by atoms with Crippen LogP contribution in [0.1, 0.15) is 42.4 Å². The SMILES string of the molecule is Cc1ccc(CC(N)CCC2CC2)cc1C. The summed E-state index contributed by atoms with van der Waals surface area (Å²) in [6, 6.07) is 7.06. The predicted octanol–water partition coefficient (Wildman–Crippen LogP) is 3.36. The van der Waals surface area contributed by atoms with Crippen LogP contribution in [0.3, 0.4) is 0 Å². The minimum atomic E-state index is 0.350. The maximum atomic E-state index is 6.17. The summed E-state index contributed by atoms with van der Waals surface area (Å²) in [5, 5.41) is 0. The van der Waals surface area contributed by atoms with Crippen molar-refractivity contribution in [2.75, 3.05) is 0 Å². The van der Waals surface area contributed by atoms with Gasteiger partial charge in [-0.05, 0) is 55.7 Å². The van der Waals surface area contributed by atoms with Gasteiger partial charge in [0.25, 0.3) is 0 Å². The fourth-order valence-corrected chi connectivity index (χ4v) is 2.19. The van der Waals surface area contributed by atoms with E-state index in [0.717, 1.165) is 12.3 Å². The molecule has 1 aromatic rings. The average molecular weight is 217 g/mol. The third kappa shape index (κ3) is 3.34. The van der Waals surface area contributed by atoms with Crippen molar-refractivity contribution in [3.05, 3.63) is 34.9 Å². The predicted molar refractivity (Wildman–Crippen MR) is 69.6 cm³/mol. The first-order valence-electron chi connectivity index (χ1n) is 6.47. The lowest BCUT2D eigenvalue weighted by molar-refractivity contribution is 0.551. The van der Waals surface area contributed by atoms with E-state index in [1.165, 1.54) is 42.4 Å². The molecule has 0 saturated heterocycles. The number of hydrogen-bond acceptors (Lipinski definition) is 1. The van der Waals surface area contributed by atoms with Gasteiger partial charge in [0.05, 0.1) is 0 Å². The first-order chi connectivity index (χ1) is 7.65. The van der Waals surface area contributed by atoms with E-state index in [9.17, 15) is 0 Å². The summed E-state index contributed by atoms with van der Waals surface area (Å²) < 4.78 is 0. The lowest BCUT2D eigenvalue weighted by Crippen LogP contribution is -2.22. The van der Waals surface area contributed by atoms with Gasteiger partial charge in [-0.1, -0.05) is 31.0 Å². The Bertz CT molecular complexity index is 352. The molecule has 1 atom stereocenters. The molecule has 0 spiro atoms. The third-order valence-corrected chi connectivity index (χ3v) is 3.71. The molecule has 0 amide bonds. The van der Waals surface area contributed by atoms with Crippen molar-refractivity contribution in [1.29, 1.82) is 0 Å². The zero-order valence-corrected chi connectivity index (χ0v) is 10.5. The van der Waals surface area contributed by atoms with Gasteiger partial charge in [0.1, 0.15) is 0 Å². The van der Waals surface area contributed by atoms with Gasteiger partial charge < -0.3 is 5.73 Å². The van der Waals surface area contributed by atoms with Crippen LogP contribution in [0.4, 0.5) is 0 Å². The molecular formula is C15H23N. The second kappa shape index (κ2) is 5.01. The molecule has 1 fully saturated rings. The van der Waals surface area contributed by atoms with Crippen molar-refractivity contribution in [3.8, 4) is 0 Å². The van der Waals surface area contributed by atoms with Gasteiger partial charge in [0.15, 0.2) is 0 Å². The van der Waals surface area contributed by atoms with Crippen LogP contribution in [-0.2, 0) is 6.42 Å². The van der Waals surface area contributed by atoms with Crippen LogP contribution in [0.15, 0.2) is 18.2 Å². The second-order valence-corrected chi connectivity index (χ2v) is 5.40. The number of nitrogens with two attached hydrogens (primary N) is 1. The molecule has 0 heterocycles. The molecule has 1 aromatic carbocycles. The van der Waals surface area contributed by atoms with Crippen molar-refractivity contribution in [2.24, 2.45) is 11.7 Å². The maximum Gasteiger partial charge on any atom is 0.00794 e. The number of benzene rings is 1. The molecule has 0 aliphatic heterocycles. The monoisotopic (exact) mass is 217 g/mol. The summed E-state index contributed by atoms with van der Waals surface area (Å²) in [6.07, 6.45) is 6.45. The highest BCUT2D eigenvalue weighted by molar-refractivity contribution is 5.30. The minimum Gasteiger partial charge on any atom is -0.327 e. The van der Waals surface area contributed by atoms with E-state index in [1.54, 1.807) is 0 Å². The van der Waals surface area contributed by atoms with Gasteiger partial charge in [-0.2, -0.15) is 0 Å². The molecule has 0 aromatic heterocycles. The Morgan fingerprint density at radius 1 is 1.25 bits per heavy atom. The minimum absolute atomic E-state index is 0.350. The van der Waals surface area contributed by atoms with Crippen molar-refractivity contribution in [1.82, 2.24) is 0 Å². The van der Waals surface area contributed by atoms with Gasteiger partial charge in [-0.3, -0.25) is 0 Å². The topological polar surface area (TPSA) is 26.0 Å². The molecule has 1 unspecified atom stereocenters. The Morgan fingerprint density at radius 3 is 2.62 bits per heavy atom. The van der Waals surface area contributed by atoms with Crippen LogP contribution in [-0.4, -0.2) is 6.04 Å². The van der Waals surface area contributed by atoms with Crippen molar-refractivity contribution in [3.63, 3.8) is 0 Å². The van der Waals surface area contributed by atoms with Gasteiger partial charge in [-0.15, -0.1) is 0 Å². The quantitative estimate of drug-likeness (QED) is 0.804. The van der Waals surface area contributed by atoms with E-state index in [4.69, 9.17) is 5.73 Å². The second-order valence-electron chi connectivity index (χ2n) is 5.40. The molecule has 1 saturated carbocycles. The summed E-state index contributed by atoms with van der Waals surface area (Å²) in [7, 11) is 0. The molecule has 1 heteroatoms. The Morgan fingerprint density at radius 2 is 2.00 bits per heavy atom. The summed E-state index contributed by atoms with van der Waals surface area (Å²) in [4.78, 5) is 0. The zero-order chi connectivity index (χ0) is 11.5. The van der Waals surface area contributed by atoms with E-state index < -0.39 is 0 Å². The zero-order valence-electron chi connectivity index (χ0n) is 10.5. The molecule has 1 nitrogen and oxygen atoms in total. The van der Waals surface area contributed by atoms with Crippen molar-refractivity contribution < 1.29 is 0 Å². The van der Waals surface area contributed by atoms with Crippen LogP contribution in [0.2, 0.25) is 0 Å². The van der Waals surface area contributed by atoms with Gasteiger partial charge in [0, 0.05) is 6.04 Å². The molecule has 2 N–H and O–H groups in total. The van der Waals surface area contributed by atoms with Crippen LogP contribution >= 0.6 is 0 Å². The summed E-state index contributed by atoms with van der Waals surface area (Å²) >= 11 is 0. The first kappa shape index (κ1) is 11.7. The summed E-state index contributed by atoms with van der Waals surface area (Å²) in [6.45, 7) is 4.33. The van der Waals surface area contributed by atoms with Crippen LogP contribution in [0.25, 0.3) is 0 Å². The van der Waals surface area contributed by atoms with Crippen LogP contribution < -0.4 is 5.73 Å². The van der Waals surface area contributed by atoms with Gasteiger partial charge >= 0.3 is 0 Å². The largest absolute Gasteiger partial charge is 0.327 e. The molecule has 0 bridgehead atoms. The fraction of sp³-hybridized carbons (Fsp3) is 0.600. The van der Waals surface area contributed by atoms with Crippen molar-refractivity contribution >= 4 is 0 Å². The molecule has 0 radical (unpaired) electrons. The number of hydrogen-bond donors (Lipinski definition) is 1. The smallest absolute Gasteiger partial charge is 0.00794 e. The standard InChI is InChI=1S/C15H23N/c1-11-3-4-14(9-12(11)2)10-15(16)8-7-13-5-6-13/h3-4,9,13,15H,5-8,10,16H2,1-2H3. The van der Waals surface area contributed by atoms with E-state index in [2.05, 4.69) is 32.0 Å². The molecule has 1 aliphatic carbocycles. The van der Waals surface area contributed by atoms with E-state index >= 15 is 0 Å². The van der Waals surface area contributed by atoms with Gasteiger partial charge in [-0.25, -0.2) is 0 Å². The Labute approximate surface area is 99.0 Å². The number of rotatable bonds is 5. The fourth-order valence-electron chi connectivity index (χ4n) is 2.19. The molecule has 2 rings (SSSR count). The molecule has 88 valence electrons. The lowest BCUT2D eigenvalue weighted by Gasteiger charge is -2.12. The Hall–Kier alpha value is -0.820. The van der Waals surface area contributed by atoms with Crippen LogP contribution in [0, 0.1) is 19.8 Å².